The van der Waals surface area contributed by atoms with Crippen LogP contribution in [0.5, 0.6) is 5.75 Å². The van der Waals surface area contributed by atoms with Crippen LogP contribution in [-0.4, -0.2) is 34.5 Å². The zero-order chi connectivity index (χ0) is 24.0. The van der Waals surface area contributed by atoms with E-state index in [1.54, 1.807) is 32.0 Å². The average Bonchev–Trinajstić information content (AvgIpc) is 3.15. The van der Waals surface area contributed by atoms with Gasteiger partial charge in [-0.3, -0.25) is 4.79 Å². The molecule has 4 rings (SSSR count). The lowest BCUT2D eigenvalue weighted by Gasteiger charge is -2.40. The summed E-state index contributed by atoms with van der Waals surface area (Å²) in [6.07, 6.45) is -5.98. The molecule has 1 aliphatic heterocycles. The second-order valence-corrected chi connectivity index (χ2v) is 9.20. The molecule has 0 aliphatic carbocycles. The summed E-state index contributed by atoms with van der Waals surface area (Å²) >= 11 is 0. The van der Waals surface area contributed by atoms with Crippen LogP contribution in [0.15, 0.2) is 53.3 Å². The van der Waals surface area contributed by atoms with Crippen LogP contribution in [-0.2, 0) is 6.42 Å². The molecule has 0 bridgehead atoms. The van der Waals surface area contributed by atoms with Gasteiger partial charge in [0.05, 0.1) is 12.1 Å². The zero-order valence-corrected chi connectivity index (χ0v) is 18.1. The molecule has 2 aromatic carbocycles. The molecule has 33 heavy (non-hydrogen) atoms. The van der Waals surface area contributed by atoms with Crippen molar-refractivity contribution in [2.24, 2.45) is 5.41 Å². The van der Waals surface area contributed by atoms with Gasteiger partial charge in [-0.25, -0.2) is 4.39 Å². The quantitative estimate of drug-likeness (QED) is 0.459. The maximum absolute atomic E-state index is 14.1. The van der Waals surface area contributed by atoms with E-state index in [9.17, 15) is 27.5 Å². The Kier molecular flexibility index (Phi) is 5.64. The number of aliphatic hydroxyl groups is 1. The summed E-state index contributed by atoms with van der Waals surface area (Å²) in [7, 11) is 0. The number of fused-ring (bicyclic) bond motifs is 2. The second kappa shape index (κ2) is 8.06. The van der Waals surface area contributed by atoms with Crippen LogP contribution in [0, 0.1) is 11.2 Å². The predicted molar refractivity (Wildman–Crippen MR) is 117 cm³/mol. The van der Waals surface area contributed by atoms with E-state index in [0.717, 1.165) is 0 Å². The topological polar surface area (TPSA) is 74.4 Å². The maximum atomic E-state index is 14.1. The molecule has 0 fully saturated rings. The van der Waals surface area contributed by atoms with Crippen LogP contribution in [0.25, 0.3) is 10.9 Å². The smallest absolute Gasteiger partial charge is 0.418 e. The molecule has 3 aromatic rings. The second-order valence-electron chi connectivity index (χ2n) is 9.20. The SMILES string of the molecule is CC(C)(CC(O)(CNc1cccc2[nH]c(=O)ccc12)C(F)(F)F)C1Cc2cc(F)ccc2O1. The Labute approximate surface area is 187 Å². The summed E-state index contributed by atoms with van der Waals surface area (Å²) in [4.78, 5) is 14.2. The van der Waals surface area contributed by atoms with E-state index in [1.165, 1.54) is 30.3 Å². The van der Waals surface area contributed by atoms with Gasteiger partial charge in [0, 0.05) is 34.5 Å². The Balaban J connectivity index is 1.56. The molecular formula is C24H24F4N2O3. The van der Waals surface area contributed by atoms with Crippen LogP contribution < -0.4 is 15.6 Å². The van der Waals surface area contributed by atoms with Crippen LogP contribution >= 0.6 is 0 Å². The zero-order valence-electron chi connectivity index (χ0n) is 18.1. The summed E-state index contributed by atoms with van der Waals surface area (Å²) in [6, 6.07) is 11.6. The molecule has 3 N–H and O–H groups in total. The highest BCUT2D eigenvalue weighted by atomic mass is 19.4. The van der Waals surface area contributed by atoms with Crippen molar-refractivity contribution < 1.29 is 27.4 Å². The van der Waals surface area contributed by atoms with Gasteiger partial charge in [0.15, 0.2) is 5.60 Å². The molecule has 0 amide bonds. The molecule has 2 unspecified atom stereocenters. The molecule has 0 spiro atoms. The Morgan fingerprint density at radius 2 is 1.91 bits per heavy atom. The molecule has 2 atom stereocenters. The number of halogens is 4. The van der Waals surface area contributed by atoms with Crippen LogP contribution in [0.2, 0.25) is 0 Å². The number of anilines is 1. The third-order valence-electron chi connectivity index (χ3n) is 6.18. The number of benzene rings is 2. The van der Waals surface area contributed by atoms with Crippen LogP contribution in [0.1, 0.15) is 25.8 Å². The highest BCUT2D eigenvalue weighted by molar-refractivity contribution is 5.91. The number of aromatic nitrogens is 1. The number of pyridine rings is 1. The minimum absolute atomic E-state index is 0.248. The number of nitrogens with one attached hydrogen (secondary N) is 2. The normalized spacial score (nSPS) is 18.0. The number of alkyl halides is 3. The van der Waals surface area contributed by atoms with Crippen molar-refractivity contribution in [2.45, 2.75) is 44.6 Å². The first-order chi connectivity index (χ1) is 15.4. The summed E-state index contributed by atoms with van der Waals surface area (Å²) in [5.74, 6) is -0.00358. The predicted octanol–water partition coefficient (Wildman–Crippen LogP) is 4.79. The van der Waals surface area contributed by atoms with Crippen LogP contribution in [0.3, 0.4) is 0 Å². The Hall–Kier alpha value is -3.07. The van der Waals surface area contributed by atoms with Crippen molar-refractivity contribution >= 4 is 16.6 Å². The first kappa shape index (κ1) is 23.1. The first-order valence-electron chi connectivity index (χ1n) is 10.5. The molecule has 9 heteroatoms. The molecule has 2 heterocycles. The van der Waals surface area contributed by atoms with Gasteiger partial charge < -0.3 is 20.1 Å². The standard InChI is InChI=1S/C24H24F4N2O3/c1-22(2,20-11-14-10-15(25)6-8-19(14)33-20)12-23(32,24(26,27)28)13-29-17-4-3-5-18-16(17)7-9-21(31)30-18/h3-10,20,29,32H,11-13H2,1-2H3,(H,30,31). The van der Waals surface area contributed by atoms with Crippen molar-refractivity contribution in [1.29, 1.82) is 0 Å². The fraction of sp³-hybridized carbons (Fsp3) is 0.375. The Bertz CT molecular complexity index is 1240. The minimum Gasteiger partial charge on any atom is -0.489 e. The van der Waals surface area contributed by atoms with Gasteiger partial charge in [0.2, 0.25) is 5.56 Å². The van der Waals surface area contributed by atoms with E-state index in [-0.39, 0.29) is 12.0 Å². The highest BCUT2D eigenvalue weighted by Gasteiger charge is 2.57. The summed E-state index contributed by atoms with van der Waals surface area (Å²) in [5, 5.41) is 14.1. The number of hydrogen-bond acceptors (Lipinski definition) is 4. The van der Waals surface area contributed by atoms with Gasteiger partial charge in [-0.1, -0.05) is 19.9 Å². The van der Waals surface area contributed by atoms with E-state index in [4.69, 9.17) is 4.74 Å². The van der Waals surface area contributed by atoms with Crippen LogP contribution in [0.4, 0.5) is 23.2 Å². The summed E-state index contributed by atoms with van der Waals surface area (Å²) < 4.78 is 61.6. The molecule has 5 nitrogen and oxygen atoms in total. The first-order valence-corrected chi connectivity index (χ1v) is 10.5. The molecule has 1 aromatic heterocycles. The van der Waals surface area contributed by atoms with E-state index in [0.29, 0.717) is 27.9 Å². The number of rotatable bonds is 6. The van der Waals surface area contributed by atoms with E-state index >= 15 is 0 Å². The number of hydrogen-bond donors (Lipinski definition) is 3. The third kappa shape index (κ3) is 4.55. The van der Waals surface area contributed by atoms with Gasteiger partial charge in [-0.2, -0.15) is 13.2 Å². The fourth-order valence-corrected chi connectivity index (χ4v) is 4.37. The largest absolute Gasteiger partial charge is 0.489 e. The van der Waals surface area contributed by atoms with Gasteiger partial charge in [-0.15, -0.1) is 0 Å². The lowest BCUT2D eigenvalue weighted by molar-refractivity contribution is -0.266. The average molecular weight is 464 g/mol. The molecule has 0 saturated carbocycles. The van der Waals surface area contributed by atoms with Crippen molar-refractivity contribution in [1.82, 2.24) is 4.98 Å². The van der Waals surface area contributed by atoms with Gasteiger partial charge in [0.25, 0.3) is 0 Å². The van der Waals surface area contributed by atoms with E-state index in [1.807, 2.05) is 0 Å². The highest BCUT2D eigenvalue weighted by Crippen LogP contribution is 2.45. The Morgan fingerprint density at radius 3 is 2.64 bits per heavy atom. The Morgan fingerprint density at radius 1 is 1.15 bits per heavy atom. The van der Waals surface area contributed by atoms with Gasteiger partial charge >= 0.3 is 6.18 Å². The molecule has 0 saturated heterocycles. The van der Waals surface area contributed by atoms with E-state index in [2.05, 4.69) is 10.3 Å². The van der Waals surface area contributed by atoms with E-state index < -0.39 is 42.1 Å². The van der Waals surface area contributed by atoms with Gasteiger partial charge in [0.1, 0.15) is 17.7 Å². The molecule has 1 aliphatic rings. The van der Waals surface area contributed by atoms with Crippen molar-refractivity contribution in [2.75, 3.05) is 11.9 Å². The number of H-pyrrole nitrogens is 1. The molecular weight excluding hydrogens is 440 g/mol. The fourth-order valence-electron chi connectivity index (χ4n) is 4.37. The monoisotopic (exact) mass is 464 g/mol. The maximum Gasteiger partial charge on any atom is 0.418 e. The molecule has 0 radical (unpaired) electrons. The van der Waals surface area contributed by atoms with Crippen molar-refractivity contribution in [3.63, 3.8) is 0 Å². The van der Waals surface area contributed by atoms with Crippen molar-refractivity contribution in [3.8, 4) is 5.75 Å². The summed E-state index contributed by atoms with van der Waals surface area (Å²) in [5.41, 5.74) is -3.08. The minimum atomic E-state index is -4.92. The lowest BCUT2D eigenvalue weighted by atomic mass is 9.74. The number of aromatic amines is 1. The summed E-state index contributed by atoms with van der Waals surface area (Å²) in [6.45, 7) is 2.39. The lowest BCUT2D eigenvalue weighted by Crippen LogP contribution is -2.55. The van der Waals surface area contributed by atoms with Gasteiger partial charge in [-0.05, 0) is 42.8 Å². The van der Waals surface area contributed by atoms with Crippen molar-refractivity contribution in [3.05, 3.63) is 70.3 Å². The molecule has 176 valence electrons. The number of ether oxygens (including phenoxy) is 1. The third-order valence-corrected chi connectivity index (χ3v) is 6.18.